The highest BCUT2D eigenvalue weighted by atomic mass is 32.1. The van der Waals surface area contributed by atoms with Crippen molar-refractivity contribution in [1.29, 1.82) is 0 Å². The third-order valence-corrected chi connectivity index (χ3v) is 8.18. The summed E-state index contributed by atoms with van der Waals surface area (Å²) >= 11 is 1.67. The molecule has 1 unspecified atom stereocenters. The Morgan fingerprint density at radius 1 is 1.06 bits per heavy atom. The summed E-state index contributed by atoms with van der Waals surface area (Å²) in [5, 5.41) is 4.31. The fourth-order valence-electron chi connectivity index (χ4n) is 4.46. The van der Waals surface area contributed by atoms with E-state index in [-0.39, 0.29) is 23.5 Å². The topological polar surface area (TPSA) is 62.0 Å². The molecule has 2 heterocycles. The molecule has 0 saturated carbocycles. The molecule has 4 nitrogen and oxygen atoms in total. The SMILES string of the molecule is CCC(=O)C(C)(C)c1cc2c([C@H](C)CNC(=O)C(C)CC)c(-c3cc(C)cc(C)c3)[nH]c2s1. The van der Waals surface area contributed by atoms with E-state index in [1.54, 1.807) is 11.3 Å². The van der Waals surface area contributed by atoms with Crippen molar-refractivity contribution in [2.75, 3.05) is 6.54 Å². The number of nitrogens with one attached hydrogen (secondary N) is 2. The number of carbonyl (C=O) groups is 2. The lowest BCUT2D eigenvalue weighted by Gasteiger charge is -2.21. The van der Waals surface area contributed by atoms with E-state index < -0.39 is 5.41 Å². The number of aryl methyl sites for hydroxylation is 2. The van der Waals surface area contributed by atoms with E-state index in [4.69, 9.17) is 0 Å². The molecular formula is C28H38N2O2S. The van der Waals surface area contributed by atoms with Gasteiger partial charge in [-0.15, -0.1) is 11.3 Å². The molecule has 0 aliphatic carbocycles. The zero-order valence-electron chi connectivity index (χ0n) is 21.3. The molecular weight excluding hydrogens is 428 g/mol. The van der Waals surface area contributed by atoms with Crippen LogP contribution in [-0.2, 0) is 15.0 Å². The second-order valence-corrected chi connectivity index (χ2v) is 11.1. The van der Waals surface area contributed by atoms with E-state index in [9.17, 15) is 9.59 Å². The fourth-order valence-corrected chi connectivity index (χ4v) is 5.66. The monoisotopic (exact) mass is 466 g/mol. The van der Waals surface area contributed by atoms with Gasteiger partial charge in [0.05, 0.1) is 11.1 Å². The van der Waals surface area contributed by atoms with Crippen molar-refractivity contribution in [1.82, 2.24) is 10.3 Å². The lowest BCUT2D eigenvalue weighted by molar-refractivity contribution is -0.124. The van der Waals surface area contributed by atoms with Gasteiger partial charge >= 0.3 is 0 Å². The highest BCUT2D eigenvalue weighted by Crippen LogP contribution is 2.43. The number of aromatic nitrogens is 1. The van der Waals surface area contributed by atoms with Gasteiger partial charge in [0.1, 0.15) is 10.6 Å². The molecule has 178 valence electrons. The van der Waals surface area contributed by atoms with Crippen LogP contribution < -0.4 is 5.32 Å². The third-order valence-electron chi connectivity index (χ3n) is 6.81. The quantitative estimate of drug-likeness (QED) is 0.355. The third kappa shape index (κ3) is 5.08. The first-order valence-corrected chi connectivity index (χ1v) is 12.9. The molecule has 33 heavy (non-hydrogen) atoms. The van der Waals surface area contributed by atoms with Gasteiger partial charge in [-0.1, -0.05) is 44.9 Å². The number of carbonyl (C=O) groups excluding carboxylic acids is 2. The summed E-state index contributed by atoms with van der Waals surface area (Å²) < 4.78 is 0. The maximum Gasteiger partial charge on any atom is 0.222 e. The predicted molar refractivity (Wildman–Crippen MR) is 140 cm³/mol. The highest BCUT2D eigenvalue weighted by Gasteiger charge is 2.32. The maximum atomic E-state index is 12.6. The zero-order chi connectivity index (χ0) is 24.5. The van der Waals surface area contributed by atoms with Crippen molar-refractivity contribution in [3.8, 4) is 11.3 Å². The molecule has 0 fully saturated rings. The number of aromatic amines is 1. The summed E-state index contributed by atoms with van der Waals surface area (Å²) in [5.41, 5.74) is 5.42. The first-order valence-electron chi connectivity index (χ1n) is 12.0. The highest BCUT2D eigenvalue weighted by molar-refractivity contribution is 7.19. The number of Topliss-reactive ketones (excluding diaryl/α,β-unsaturated/α-hetero) is 1. The lowest BCUT2D eigenvalue weighted by Crippen LogP contribution is -2.32. The van der Waals surface area contributed by atoms with Crippen LogP contribution in [0.1, 0.15) is 81.9 Å². The van der Waals surface area contributed by atoms with Crippen LogP contribution in [0.25, 0.3) is 21.5 Å². The normalized spacial score (nSPS) is 13.8. The van der Waals surface area contributed by atoms with Crippen LogP contribution in [0.3, 0.4) is 0 Å². The van der Waals surface area contributed by atoms with E-state index in [1.165, 1.54) is 16.7 Å². The van der Waals surface area contributed by atoms with Crippen LogP contribution in [0.5, 0.6) is 0 Å². The molecule has 3 aromatic rings. The standard InChI is InChI=1S/C28H38N2O2S/c1-9-18(5)26(32)29-15-19(6)24-21-14-23(28(7,8)22(31)10-2)33-27(21)30-25(24)20-12-16(3)11-17(4)13-20/h11-14,18-19,30H,9-10,15H2,1-8H3,(H,29,32)/t18?,19-/m1/s1. The number of amides is 1. The summed E-state index contributed by atoms with van der Waals surface area (Å²) in [7, 11) is 0. The maximum absolute atomic E-state index is 12.6. The average molecular weight is 467 g/mol. The van der Waals surface area contributed by atoms with Crippen molar-refractivity contribution in [3.63, 3.8) is 0 Å². The van der Waals surface area contributed by atoms with Gasteiger partial charge in [0, 0.05) is 35.1 Å². The first kappa shape index (κ1) is 25.2. The molecule has 0 aliphatic heterocycles. The van der Waals surface area contributed by atoms with Crippen LogP contribution in [0, 0.1) is 19.8 Å². The number of hydrogen-bond donors (Lipinski definition) is 2. The van der Waals surface area contributed by atoms with Gasteiger partial charge in [-0.05, 0) is 63.4 Å². The summed E-state index contributed by atoms with van der Waals surface area (Å²) in [6, 6.07) is 8.79. The fraction of sp³-hybridized carbons (Fsp3) is 0.500. The van der Waals surface area contributed by atoms with Crippen molar-refractivity contribution in [2.45, 2.75) is 79.6 Å². The molecule has 1 amide bonds. The number of ketones is 1. The minimum Gasteiger partial charge on any atom is -0.355 e. The molecule has 0 bridgehead atoms. The van der Waals surface area contributed by atoms with Gasteiger partial charge in [0.25, 0.3) is 0 Å². The molecule has 5 heteroatoms. The Bertz CT molecular complexity index is 1150. The summed E-state index contributed by atoms with van der Waals surface area (Å²) in [6.45, 7) is 17.0. The Kier molecular flexibility index (Phi) is 7.52. The number of benzene rings is 1. The van der Waals surface area contributed by atoms with Crippen molar-refractivity contribution in [2.24, 2.45) is 5.92 Å². The van der Waals surface area contributed by atoms with E-state index >= 15 is 0 Å². The number of fused-ring (bicyclic) bond motifs is 1. The summed E-state index contributed by atoms with van der Waals surface area (Å²) in [6.07, 6.45) is 1.36. The molecule has 0 saturated heterocycles. The Balaban J connectivity index is 2.11. The van der Waals surface area contributed by atoms with Crippen LogP contribution in [0.2, 0.25) is 0 Å². The Hall–Kier alpha value is -2.40. The first-order chi connectivity index (χ1) is 15.5. The number of H-pyrrole nitrogens is 1. The van der Waals surface area contributed by atoms with Crippen molar-refractivity contribution < 1.29 is 9.59 Å². The molecule has 0 aliphatic rings. The van der Waals surface area contributed by atoms with E-state index in [0.29, 0.717) is 13.0 Å². The minimum absolute atomic E-state index is 0.0101. The zero-order valence-corrected chi connectivity index (χ0v) is 22.1. The molecule has 3 rings (SSSR count). The molecule has 2 aromatic heterocycles. The molecule has 2 N–H and O–H groups in total. The van der Waals surface area contributed by atoms with E-state index in [1.807, 2.05) is 34.6 Å². The summed E-state index contributed by atoms with van der Waals surface area (Å²) in [4.78, 5) is 30.9. The number of rotatable bonds is 9. The van der Waals surface area contributed by atoms with Crippen LogP contribution in [0.15, 0.2) is 24.3 Å². The van der Waals surface area contributed by atoms with E-state index in [0.717, 1.165) is 32.8 Å². The largest absolute Gasteiger partial charge is 0.355 e. The molecule has 2 atom stereocenters. The smallest absolute Gasteiger partial charge is 0.222 e. The lowest BCUT2D eigenvalue weighted by atomic mass is 9.84. The van der Waals surface area contributed by atoms with Gasteiger partial charge in [0.15, 0.2) is 0 Å². The minimum atomic E-state index is -0.509. The van der Waals surface area contributed by atoms with Gasteiger partial charge in [-0.2, -0.15) is 0 Å². The van der Waals surface area contributed by atoms with Crippen molar-refractivity contribution in [3.05, 3.63) is 45.8 Å². The van der Waals surface area contributed by atoms with Gasteiger partial charge in [0.2, 0.25) is 5.91 Å². The number of thiophene rings is 1. The Labute approximate surface area is 202 Å². The average Bonchev–Trinajstić information content (AvgIpc) is 3.33. The summed E-state index contributed by atoms with van der Waals surface area (Å²) in [5.74, 6) is 0.479. The van der Waals surface area contributed by atoms with Gasteiger partial charge in [-0.25, -0.2) is 0 Å². The van der Waals surface area contributed by atoms with Crippen molar-refractivity contribution >= 4 is 33.2 Å². The molecule has 0 spiro atoms. The van der Waals surface area contributed by atoms with Crippen LogP contribution in [-0.4, -0.2) is 23.2 Å². The Morgan fingerprint density at radius 2 is 1.70 bits per heavy atom. The van der Waals surface area contributed by atoms with Gasteiger partial charge < -0.3 is 10.3 Å². The molecule has 1 aromatic carbocycles. The van der Waals surface area contributed by atoms with E-state index in [2.05, 4.69) is 55.3 Å². The van der Waals surface area contributed by atoms with Gasteiger partial charge in [-0.3, -0.25) is 9.59 Å². The Morgan fingerprint density at radius 3 is 2.27 bits per heavy atom. The van der Waals surface area contributed by atoms with Crippen LogP contribution >= 0.6 is 11.3 Å². The second-order valence-electron chi connectivity index (χ2n) is 10.0. The van der Waals surface area contributed by atoms with Crippen LogP contribution in [0.4, 0.5) is 0 Å². The number of hydrogen-bond acceptors (Lipinski definition) is 3. The molecule has 0 radical (unpaired) electrons. The second kappa shape index (κ2) is 9.84. The predicted octanol–water partition coefficient (Wildman–Crippen LogP) is 7.04.